The number of halogens is 1. The number of amides is 2. The molecule has 114 valence electrons. The number of rotatable bonds is 3. The maximum Gasteiger partial charge on any atom is 0.335 e. The Bertz CT molecular complexity index is 578. The van der Waals surface area contributed by atoms with E-state index in [4.69, 9.17) is 21.4 Å². The van der Waals surface area contributed by atoms with Crippen LogP contribution in [-0.2, 0) is 4.74 Å². The van der Waals surface area contributed by atoms with Gasteiger partial charge in [-0.2, -0.15) is 0 Å². The molecule has 1 heterocycles. The zero-order valence-electron chi connectivity index (χ0n) is 11.8. The Hall–Kier alpha value is -1.79. The monoisotopic (exact) mass is 312 g/mol. The van der Waals surface area contributed by atoms with E-state index >= 15 is 0 Å². The van der Waals surface area contributed by atoms with Crippen LogP contribution in [0.4, 0.5) is 10.5 Å². The summed E-state index contributed by atoms with van der Waals surface area (Å²) in [6.07, 6.45) is 0.634. The number of hydrogen-bond acceptors (Lipinski definition) is 3. The molecule has 0 spiro atoms. The van der Waals surface area contributed by atoms with Gasteiger partial charge < -0.3 is 20.5 Å². The van der Waals surface area contributed by atoms with Crippen LogP contribution < -0.4 is 10.6 Å². The van der Waals surface area contributed by atoms with Crippen LogP contribution in [0.5, 0.6) is 0 Å². The standard InChI is InChI=1S/C14H17ClN2O4/c1-8-14(2,3-4-21-8)17-13(20)16-11-6-9(12(18)19)5-10(15)7-11/h5-8H,3-4H2,1-2H3,(H,18,19)(H2,16,17,20). The molecule has 0 aromatic heterocycles. The van der Waals surface area contributed by atoms with Crippen molar-refractivity contribution in [3.63, 3.8) is 0 Å². The number of carboxylic acid groups (broad SMARTS) is 1. The molecule has 3 N–H and O–H groups in total. The van der Waals surface area contributed by atoms with E-state index in [0.29, 0.717) is 12.3 Å². The van der Waals surface area contributed by atoms with E-state index in [9.17, 15) is 9.59 Å². The van der Waals surface area contributed by atoms with Gasteiger partial charge in [0, 0.05) is 17.3 Å². The third kappa shape index (κ3) is 3.65. The molecule has 2 atom stereocenters. The van der Waals surface area contributed by atoms with E-state index in [1.54, 1.807) is 0 Å². The second-order valence-electron chi connectivity index (χ2n) is 5.29. The van der Waals surface area contributed by atoms with Gasteiger partial charge in [-0.3, -0.25) is 0 Å². The molecule has 0 radical (unpaired) electrons. The van der Waals surface area contributed by atoms with Crippen molar-refractivity contribution >= 4 is 29.3 Å². The van der Waals surface area contributed by atoms with E-state index < -0.39 is 17.5 Å². The second-order valence-corrected chi connectivity index (χ2v) is 5.73. The van der Waals surface area contributed by atoms with Crippen molar-refractivity contribution in [2.75, 3.05) is 11.9 Å². The summed E-state index contributed by atoms with van der Waals surface area (Å²) in [5.74, 6) is -1.11. The lowest BCUT2D eigenvalue weighted by Gasteiger charge is -2.28. The van der Waals surface area contributed by atoms with Gasteiger partial charge in [-0.05, 0) is 38.5 Å². The molecule has 1 aliphatic heterocycles. The van der Waals surface area contributed by atoms with Crippen molar-refractivity contribution in [2.45, 2.75) is 31.9 Å². The number of carbonyl (C=O) groups is 2. The molecule has 1 aliphatic rings. The number of nitrogens with one attached hydrogen (secondary N) is 2. The Kier molecular flexibility index (Phi) is 4.39. The van der Waals surface area contributed by atoms with E-state index in [-0.39, 0.29) is 16.7 Å². The molecule has 2 amide bonds. The minimum Gasteiger partial charge on any atom is -0.478 e. The molecule has 1 saturated heterocycles. The van der Waals surface area contributed by atoms with Gasteiger partial charge in [-0.15, -0.1) is 0 Å². The first-order valence-electron chi connectivity index (χ1n) is 6.55. The van der Waals surface area contributed by atoms with E-state index in [1.807, 2.05) is 13.8 Å². The minimum atomic E-state index is -1.11. The normalized spacial score (nSPS) is 24.6. The number of benzene rings is 1. The van der Waals surface area contributed by atoms with Crippen molar-refractivity contribution in [1.82, 2.24) is 5.32 Å². The molecule has 21 heavy (non-hydrogen) atoms. The van der Waals surface area contributed by atoms with Gasteiger partial charge in [0.05, 0.1) is 17.2 Å². The van der Waals surface area contributed by atoms with Crippen LogP contribution >= 0.6 is 11.6 Å². The van der Waals surface area contributed by atoms with Gasteiger partial charge >= 0.3 is 12.0 Å². The molecule has 1 fully saturated rings. The molecule has 2 rings (SSSR count). The molecule has 0 bridgehead atoms. The van der Waals surface area contributed by atoms with Crippen LogP contribution in [0.1, 0.15) is 30.6 Å². The number of ether oxygens (including phenoxy) is 1. The van der Waals surface area contributed by atoms with Crippen LogP contribution in [0.25, 0.3) is 0 Å². The molecule has 6 nitrogen and oxygen atoms in total. The lowest BCUT2D eigenvalue weighted by Crippen LogP contribution is -2.52. The molecular formula is C14H17ClN2O4. The maximum atomic E-state index is 12.0. The lowest BCUT2D eigenvalue weighted by molar-refractivity contribution is 0.0697. The molecule has 1 aromatic rings. The minimum absolute atomic E-state index is 0.0154. The summed E-state index contributed by atoms with van der Waals surface area (Å²) in [4.78, 5) is 23.0. The molecule has 0 saturated carbocycles. The summed E-state index contributed by atoms with van der Waals surface area (Å²) in [6, 6.07) is 3.74. The topological polar surface area (TPSA) is 87.7 Å². The fourth-order valence-corrected chi connectivity index (χ4v) is 2.44. The third-order valence-corrected chi connectivity index (χ3v) is 3.91. The van der Waals surface area contributed by atoms with E-state index in [2.05, 4.69) is 10.6 Å². The third-order valence-electron chi connectivity index (χ3n) is 3.69. The fraction of sp³-hybridized carbons (Fsp3) is 0.429. The van der Waals surface area contributed by atoms with Crippen LogP contribution in [0.15, 0.2) is 18.2 Å². The lowest BCUT2D eigenvalue weighted by atomic mass is 9.95. The second kappa shape index (κ2) is 5.91. The van der Waals surface area contributed by atoms with Crippen molar-refractivity contribution in [2.24, 2.45) is 0 Å². The first kappa shape index (κ1) is 15.6. The number of anilines is 1. The number of carboxylic acids is 1. The van der Waals surface area contributed by atoms with Crippen molar-refractivity contribution < 1.29 is 19.4 Å². The SMILES string of the molecule is CC1OCCC1(C)NC(=O)Nc1cc(Cl)cc(C(=O)O)c1. The maximum absolute atomic E-state index is 12.0. The number of urea groups is 1. The van der Waals surface area contributed by atoms with Crippen LogP contribution in [0.2, 0.25) is 5.02 Å². The summed E-state index contributed by atoms with van der Waals surface area (Å²) in [7, 11) is 0. The van der Waals surface area contributed by atoms with Crippen molar-refractivity contribution in [3.05, 3.63) is 28.8 Å². The number of hydrogen-bond donors (Lipinski definition) is 3. The Balaban J connectivity index is 2.08. The Morgan fingerprint density at radius 3 is 2.71 bits per heavy atom. The zero-order chi connectivity index (χ0) is 15.6. The highest BCUT2D eigenvalue weighted by Gasteiger charge is 2.38. The van der Waals surface area contributed by atoms with Crippen molar-refractivity contribution in [3.8, 4) is 0 Å². The average molecular weight is 313 g/mol. The first-order valence-corrected chi connectivity index (χ1v) is 6.92. The van der Waals surface area contributed by atoms with Crippen LogP contribution in [-0.4, -0.2) is 35.4 Å². The summed E-state index contributed by atoms with van der Waals surface area (Å²) < 4.78 is 5.45. The van der Waals surface area contributed by atoms with E-state index in [0.717, 1.165) is 6.42 Å². The smallest absolute Gasteiger partial charge is 0.335 e. The summed E-state index contributed by atoms with van der Waals surface area (Å²) in [6.45, 7) is 4.40. The number of carbonyl (C=O) groups excluding carboxylic acids is 1. The van der Waals surface area contributed by atoms with Gasteiger partial charge in [0.25, 0.3) is 0 Å². The predicted molar refractivity (Wildman–Crippen MR) is 79.0 cm³/mol. The molecule has 0 aliphatic carbocycles. The summed E-state index contributed by atoms with van der Waals surface area (Å²) >= 11 is 5.84. The van der Waals surface area contributed by atoms with Gasteiger partial charge in [-0.1, -0.05) is 11.6 Å². The van der Waals surface area contributed by atoms with Gasteiger partial charge in [-0.25, -0.2) is 9.59 Å². The predicted octanol–water partition coefficient (Wildman–Crippen LogP) is 2.73. The van der Waals surface area contributed by atoms with E-state index in [1.165, 1.54) is 18.2 Å². The van der Waals surface area contributed by atoms with Gasteiger partial charge in [0.2, 0.25) is 0 Å². The highest BCUT2D eigenvalue weighted by atomic mass is 35.5. The zero-order valence-corrected chi connectivity index (χ0v) is 12.5. The Labute approximate surface area is 127 Å². The van der Waals surface area contributed by atoms with Crippen LogP contribution in [0, 0.1) is 0 Å². The Morgan fingerprint density at radius 1 is 1.43 bits per heavy atom. The van der Waals surface area contributed by atoms with Crippen molar-refractivity contribution in [1.29, 1.82) is 0 Å². The van der Waals surface area contributed by atoms with Gasteiger partial charge in [0.1, 0.15) is 0 Å². The highest BCUT2D eigenvalue weighted by molar-refractivity contribution is 6.31. The molecular weight excluding hydrogens is 296 g/mol. The first-order chi connectivity index (χ1) is 9.80. The molecule has 2 unspecified atom stereocenters. The summed E-state index contributed by atoms with van der Waals surface area (Å²) in [5.41, 5.74) is -0.104. The average Bonchev–Trinajstić information content (AvgIpc) is 2.68. The number of aromatic carboxylic acids is 1. The van der Waals surface area contributed by atoms with Crippen LogP contribution in [0.3, 0.4) is 0 Å². The fourth-order valence-electron chi connectivity index (χ4n) is 2.21. The highest BCUT2D eigenvalue weighted by Crippen LogP contribution is 2.25. The molecule has 7 heteroatoms. The quantitative estimate of drug-likeness (QED) is 0.800. The summed E-state index contributed by atoms with van der Waals surface area (Å²) in [5, 5.41) is 14.7. The van der Waals surface area contributed by atoms with Gasteiger partial charge in [0.15, 0.2) is 0 Å². The largest absolute Gasteiger partial charge is 0.478 e. The Morgan fingerprint density at radius 2 is 2.14 bits per heavy atom. The molecule has 1 aromatic carbocycles.